The van der Waals surface area contributed by atoms with E-state index in [1.807, 2.05) is 19.0 Å². The summed E-state index contributed by atoms with van der Waals surface area (Å²) in [6.07, 6.45) is 2.57. The van der Waals surface area contributed by atoms with Gasteiger partial charge in [-0.25, -0.2) is 0 Å². The molecule has 0 aromatic heterocycles. The van der Waals surface area contributed by atoms with Crippen LogP contribution in [0.5, 0.6) is 0 Å². The predicted molar refractivity (Wildman–Crippen MR) is 75.2 cm³/mol. The van der Waals surface area contributed by atoms with Gasteiger partial charge in [0.05, 0.1) is 0 Å². The number of hydrogen-bond donors (Lipinski definition) is 0. The van der Waals surface area contributed by atoms with E-state index in [9.17, 15) is 8.42 Å². The van der Waals surface area contributed by atoms with Gasteiger partial charge in [0.15, 0.2) is 0 Å². The summed E-state index contributed by atoms with van der Waals surface area (Å²) in [6, 6.07) is 0.100. The fourth-order valence-corrected chi connectivity index (χ4v) is 4.04. The summed E-state index contributed by atoms with van der Waals surface area (Å²) in [5, 5.41) is 0. The monoisotopic (exact) mass is 297 g/mol. The van der Waals surface area contributed by atoms with Gasteiger partial charge in [-0.2, -0.15) is 17.0 Å². The topological polar surface area (TPSA) is 43.9 Å². The van der Waals surface area contributed by atoms with Gasteiger partial charge in [-0.05, 0) is 33.4 Å². The Morgan fingerprint density at radius 3 is 2.56 bits per heavy atom. The summed E-state index contributed by atoms with van der Waals surface area (Å²) in [7, 11) is 2.25. The molecule has 0 amide bonds. The van der Waals surface area contributed by atoms with Gasteiger partial charge in [0.25, 0.3) is 10.2 Å². The molecular formula is C11H24ClN3O2S. The van der Waals surface area contributed by atoms with Gasteiger partial charge in [0.1, 0.15) is 0 Å². The largest absolute Gasteiger partial charge is 0.308 e. The van der Waals surface area contributed by atoms with Gasteiger partial charge < -0.3 is 4.90 Å². The van der Waals surface area contributed by atoms with Crippen LogP contribution in [0, 0.1) is 0 Å². The fourth-order valence-electron chi connectivity index (χ4n) is 2.29. The maximum Gasteiger partial charge on any atom is 0.282 e. The number of likely N-dealkylation sites (N-methyl/N-ethyl adjacent to an activating group) is 1. The number of nitrogens with zero attached hydrogens (tertiary/aromatic N) is 3. The molecule has 1 unspecified atom stereocenters. The third kappa shape index (κ3) is 4.06. The van der Waals surface area contributed by atoms with E-state index in [2.05, 4.69) is 0 Å². The van der Waals surface area contributed by atoms with E-state index < -0.39 is 10.2 Å². The van der Waals surface area contributed by atoms with Crippen molar-refractivity contribution >= 4 is 21.8 Å². The van der Waals surface area contributed by atoms with Gasteiger partial charge in [-0.3, -0.25) is 0 Å². The van der Waals surface area contributed by atoms with Crippen LogP contribution in [-0.4, -0.2) is 74.6 Å². The molecule has 18 heavy (non-hydrogen) atoms. The average molecular weight is 298 g/mol. The molecule has 108 valence electrons. The zero-order valence-corrected chi connectivity index (χ0v) is 13.0. The van der Waals surface area contributed by atoms with Gasteiger partial charge in [-0.1, -0.05) is 0 Å². The minimum absolute atomic E-state index is 0.100. The van der Waals surface area contributed by atoms with Crippen molar-refractivity contribution < 1.29 is 8.42 Å². The second kappa shape index (κ2) is 7.05. The number of halogens is 1. The molecule has 1 heterocycles. The van der Waals surface area contributed by atoms with Crippen molar-refractivity contribution in [2.24, 2.45) is 0 Å². The standard InChI is InChI=1S/C11H24ClN3O2S/c1-13(2)10-11-6-4-9-15(11)18(16,17)14(3)8-5-7-12/h11H,4-10H2,1-3H3. The lowest BCUT2D eigenvalue weighted by atomic mass is 10.2. The van der Waals surface area contributed by atoms with Crippen molar-refractivity contribution in [1.29, 1.82) is 0 Å². The van der Waals surface area contributed by atoms with Gasteiger partial charge >= 0.3 is 0 Å². The Morgan fingerprint density at radius 1 is 1.33 bits per heavy atom. The van der Waals surface area contributed by atoms with Crippen LogP contribution in [0.15, 0.2) is 0 Å². The summed E-state index contributed by atoms with van der Waals surface area (Å²) in [5.41, 5.74) is 0. The van der Waals surface area contributed by atoms with E-state index >= 15 is 0 Å². The molecule has 5 nitrogen and oxygen atoms in total. The molecule has 1 aliphatic heterocycles. The van der Waals surface area contributed by atoms with E-state index in [1.54, 1.807) is 11.4 Å². The first-order valence-electron chi connectivity index (χ1n) is 6.33. The van der Waals surface area contributed by atoms with E-state index in [0.717, 1.165) is 19.4 Å². The van der Waals surface area contributed by atoms with Gasteiger partial charge in [0, 0.05) is 38.6 Å². The Hall–Kier alpha value is 0.120. The molecule has 0 N–H and O–H groups in total. The maximum atomic E-state index is 12.4. The highest BCUT2D eigenvalue weighted by atomic mass is 35.5. The predicted octanol–water partition coefficient (Wildman–Crippen LogP) is 0.818. The van der Waals surface area contributed by atoms with Crippen LogP contribution in [-0.2, 0) is 10.2 Å². The fraction of sp³-hybridized carbons (Fsp3) is 1.00. The third-order valence-corrected chi connectivity index (χ3v) is 5.51. The molecule has 0 spiro atoms. The van der Waals surface area contributed by atoms with Crippen molar-refractivity contribution in [3.8, 4) is 0 Å². The van der Waals surface area contributed by atoms with Crippen LogP contribution in [0.25, 0.3) is 0 Å². The summed E-state index contributed by atoms with van der Waals surface area (Å²) in [6.45, 7) is 1.89. The zero-order chi connectivity index (χ0) is 13.8. The lowest BCUT2D eigenvalue weighted by Gasteiger charge is -2.30. The second-order valence-electron chi connectivity index (χ2n) is 5.04. The second-order valence-corrected chi connectivity index (χ2v) is 7.41. The van der Waals surface area contributed by atoms with Crippen LogP contribution in [0.3, 0.4) is 0 Å². The van der Waals surface area contributed by atoms with Crippen molar-refractivity contribution in [3.05, 3.63) is 0 Å². The Kier molecular flexibility index (Phi) is 6.34. The van der Waals surface area contributed by atoms with E-state index in [0.29, 0.717) is 25.4 Å². The summed E-state index contributed by atoms with van der Waals surface area (Å²) >= 11 is 5.61. The molecule has 0 aromatic rings. The lowest BCUT2D eigenvalue weighted by molar-refractivity contribution is 0.277. The average Bonchev–Trinajstić information content (AvgIpc) is 2.73. The number of alkyl halides is 1. The van der Waals surface area contributed by atoms with Crippen LogP contribution < -0.4 is 0 Å². The molecule has 1 aliphatic rings. The minimum Gasteiger partial charge on any atom is -0.308 e. The Morgan fingerprint density at radius 2 is 2.00 bits per heavy atom. The number of rotatable bonds is 7. The summed E-state index contributed by atoms with van der Waals surface area (Å²) < 4.78 is 27.9. The number of hydrogen-bond acceptors (Lipinski definition) is 3. The van der Waals surface area contributed by atoms with Crippen molar-refractivity contribution in [2.45, 2.75) is 25.3 Å². The zero-order valence-electron chi connectivity index (χ0n) is 11.5. The molecule has 1 fully saturated rings. The van der Waals surface area contributed by atoms with E-state index in [1.165, 1.54) is 4.31 Å². The first kappa shape index (κ1) is 16.2. The molecular weight excluding hydrogens is 274 g/mol. The highest BCUT2D eigenvalue weighted by Crippen LogP contribution is 2.23. The SMILES string of the molecule is CN(C)CC1CCCN1S(=O)(=O)N(C)CCCCl. The van der Waals surface area contributed by atoms with Crippen LogP contribution in [0.1, 0.15) is 19.3 Å². The van der Waals surface area contributed by atoms with Crippen LogP contribution >= 0.6 is 11.6 Å². The molecule has 0 bridgehead atoms. The quantitative estimate of drug-likeness (QED) is 0.654. The van der Waals surface area contributed by atoms with E-state index in [4.69, 9.17) is 11.6 Å². The molecule has 1 saturated heterocycles. The normalized spacial score (nSPS) is 22.2. The minimum atomic E-state index is -3.32. The molecule has 0 aliphatic carbocycles. The van der Waals surface area contributed by atoms with Crippen molar-refractivity contribution in [1.82, 2.24) is 13.5 Å². The van der Waals surface area contributed by atoms with Crippen molar-refractivity contribution in [3.63, 3.8) is 0 Å². The molecule has 0 saturated carbocycles. The van der Waals surface area contributed by atoms with Crippen LogP contribution in [0.2, 0.25) is 0 Å². The highest BCUT2D eigenvalue weighted by molar-refractivity contribution is 7.86. The van der Waals surface area contributed by atoms with E-state index in [-0.39, 0.29) is 6.04 Å². The molecule has 7 heteroatoms. The smallest absolute Gasteiger partial charge is 0.282 e. The first-order chi connectivity index (χ1) is 8.39. The molecule has 0 aromatic carbocycles. The molecule has 0 radical (unpaired) electrons. The van der Waals surface area contributed by atoms with Gasteiger partial charge in [0.2, 0.25) is 0 Å². The Labute approximate surface area is 116 Å². The highest BCUT2D eigenvalue weighted by Gasteiger charge is 2.36. The van der Waals surface area contributed by atoms with Crippen LogP contribution in [0.4, 0.5) is 0 Å². The Balaban J connectivity index is 2.70. The first-order valence-corrected chi connectivity index (χ1v) is 8.26. The molecule has 1 atom stereocenters. The summed E-state index contributed by atoms with van der Waals surface area (Å²) in [5.74, 6) is 0.487. The lowest BCUT2D eigenvalue weighted by Crippen LogP contribution is -2.47. The maximum absolute atomic E-state index is 12.4. The van der Waals surface area contributed by atoms with Crippen molar-refractivity contribution in [2.75, 3.05) is 46.7 Å². The third-order valence-electron chi connectivity index (χ3n) is 3.20. The Bertz CT molecular complexity index is 348. The molecule has 1 rings (SSSR count). The summed E-state index contributed by atoms with van der Waals surface area (Å²) in [4.78, 5) is 2.04. The van der Waals surface area contributed by atoms with Gasteiger partial charge in [-0.15, -0.1) is 11.6 Å².